The standard InChI is InChI=1S/C15H13FO2/c16-15(14(17)13-9-5-2-6-10-13)18-11-12-7-3-1-4-8-12/h1-10,15H,11H2/t15-/m0/s1. The molecule has 0 unspecified atom stereocenters. The first-order chi connectivity index (χ1) is 8.77. The average molecular weight is 244 g/mol. The van der Waals surface area contributed by atoms with Crippen LogP contribution in [-0.4, -0.2) is 12.1 Å². The van der Waals surface area contributed by atoms with Crippen LogP contribution < -0.4 is 0 Å². The van der Waals surface area contributed by atoms with Crippen LogP contribution in [0.1, 0.15) is 15.9 Å². The topological polar surface area (TPSA) is 26.3 Å². The average Bonchev–Trinajstić information content (AvgIpc) is 2.46. The number of carbonyl (C=O) groups excluding carboxylic acids is 1. The monoisotopic (exact) mass is 244 g/mol. The second-order valence-corrected chi connectivity index (χ2v) is 3.84. The van der Waals surface area contributed by atoms with Gasteiger partial charge in [0.05, 0.1) is 6.61 Å². The number of hydrogen-bond acceptors (Lipinski definition) is 2. The molecule has 0 spiro atoms. The lowest BCUT2D eigenvalue weighted by Gasteiger charge is -2.09. The van der Waals surface area contributed by atoms with Gasteiger partial charge in [-0.05, 0) is 5.56 Å². The van der Waals surface area contributed by atoms with Crippen molar-refractivity contribution in [1.29, 1.82) is 0 Å². The fraction of sp³-hybridized carbons (Fsp3) is 0.133. The van der Waals surface area contributed by atoms with E-state index < -0.39 is 12.1 Å². The van der Waals surface area contributed by atoms with Crippen molar-refractivity contribution < 1.29 is 13.9 Å². The summed E-state index contributed by atoms with van der Waals surface area (Å²) in [6.45, 7) is 0.0839. The molecule has 0 bridgehead atoms. The quantitative estimate of drug-likeness (QED) is 0.754. The third-order valence-electron chi connectivity index (χ3n) is 2.50. The molecule has 2 aromatic rings. The highest BCUT2D eigenvalue weighted by molar-refractivity contribution is 5.98. The number of benzene rings is 2. The van der Waals surface area contributed by atoms with Crippen molar-refractivity contribution in [1.82, 2.24) is 0 Å². The smallest absolute Gasteiger partial charge is 0.263 e. The Bertz CT molecular complexity index is 496. The predicted octanol–water partition coefficient (Wildman–Crippen LogP) is 3.38. The summed E-state index contributed by atoms with van der Waals surface area (Å²) in [7, 11) is 0. The second-order valence-electron chi connectivity index (χ2n) is 3.84. The van der Waals surface area contributed by atoms with E-state index in [2.05, 4.69) is 0 Å². The Labute approximate surface area is 105 Å². The van der Waals surface area contributed by atoms with Crippen molar-refractivity contribution >= 4 is 5.78 Å². The van der Waals surface area contributed by atoms with E-state index in [-0.39, 0.29) is 6.61 Å². The van der Waals surface area contributed by atoms with Gasteiger partial charge in [-0.25, -0.2) is 4.39 Å². The van der Waals surface area contributed by atoms with Crippen LogP contribution in [0, 0.1) is 0 Å². The molecular weight excluding hydrogens is 231 g/mol. The van der Waals surface area contributed by atoms with Crippen LogP contribution in [0.2, 0.25) is 0 Å². The molecule has 92 valence electrons. The van der Waals surface area contributed by atoms with Gasteiger partial charge >= 0.3 is 0 Å². The molecule has 0 radical (unpaired) electrons. The molecule has 3 heteroatoms. The van der Waals surface area contributed by atoms with E-state index in [4.69, 9.17) is 4.74 Å². The minimum absolute atomic E-state index is 0.0839. The van der Waals surface area contributed by atoms with E-state index in [9.17, 15) is 9.18 Å². The van der Waals surface area contributed by atoms with E-state index in [0.717, 1.165) is 5.56 Å². The third kappa shape index (κ3) is 3.25. The number of hydrogen-bond donors (Lipinski definition) is 0. The van der Waals surface area contributed by atoms with Gasteiger partial charge in [-0.15, -0.1) is 0 Å². The van der Waals surface area contributed by atoms with Crippen LogP contribution in [0.3, 0.4) is 0 Å². The van der Waals surface area contributed by atoms with Gasteiger partial charge in [-0.2, -0.15) is 0 Å². The Balaban J connectivity index is 1.93. The Morgan fingerprint density at radius 2 is 1.56 bits per heavy atom. The summed E-state index contributed by atoms with van der Waals surface area (Å²) in [6, 6.07) is 17.5. The van der Waals surface area contributed by atoms with Crippen LogP contribution in [0.5, 0.6) is 0 Å². The lowest BCUT2D eigenvalue weighted by Crippen LogP contribution is -2.19. The molecule has 2 nitrogen and oxygen atoms in total. The molecule has 18 heavy (non-hydrogen) atoms. The number of ketones is 1. The fourth-order valence-electron chi connectivity index (χ4n) is 1.55. The van der Waals surface area contributed by atoms with Crippen LogP contribution >= 0.6 is 0 Å². The van der Waals surface area contributed by atoms with Crippen molar-refractivity contribution in [2.75, 3.05) is 0 Å². The van der Waals surface area contributed by atoms with Gasteiger partial charge in [-0.3, -0.25) is 4.79 Å². The molecule has 2 aromatic carbocycles. The first kappa shape index (κ1) is 12.5. The summed E-state index contributed by atoms with van der Waals surface area (Å²) < 4.78 is 18.5. The van der Waals surface area contributed by atoms with Crippen LogP contribution in [-0.2, 0) is 11.3 Å². The molecule has 0 aliphatic carbocycles. The maximum atomic E-state index is 13.6. The van der Waals surface area contributed by atoms with Crippen molar-refractivity contribution in [2.45, 2.75) is 13.0 Å². The van der Waals surface area contributed by atoms with Crippen LogP contribution in [0.25, 0.3) is 0 Å². The maximum absolute atomic E-state index is 13.6. The van der Waals surface area contributed by atoms with E-state index in [1.807, 2.05) is 30.3 Å². The first-order valence-electron chi connectivity index (χ1n) is 5.66. The van der Waals surface area contributed by atoms with Gasteiger partial charge in [0.25, 0.3) is 6.36 Å². The lowest BCUT2D eigenvalue weighted by atomic mass is 10.1. The van der Waals surface area contributed by atoms with Crippen molar-refractivity contribution in [3.8, 4) is 0 Å². The minimum atomic E-state index is -1.92. The van der Waals surface area contributed by atoms with Gasteiger partial charge < -0.3 is 4.74 Å². The highest BCUT2D eigenvalue weighted by Gasteiger charge is 2.19. The molecule has 0 saturated heterocycles. The molecule has 0 N–H and O–H groups in total. The lowest BCUT2D eigenvalue weighted by molar-refractivity contribution is -0.0294. The van der Waals surface area contributed by atoms with E-state index in [1.54, 1.807) is 30.3 Å². The molecule has 1 atom stereocenters. The van der Waals surface area contributed by atoms with Gasteiger partial charge in [0.2, 0.25) is 5.78 Å². The molecule has 2 rings (SSSR count). The van der Waals surface area contributed by atoms with Gasteiger partial charge in [0, 0.05) is 5.56 Å². The number of ether oxygens (including phenoxy) is 1. The molecule has 0 amide bonds. The van der Waals surface area contributed by atoms with Crippen LogP contribution in [0.4, 0.5) is 4.39 Å². The maximum Gasteiger partial charge on any atom is 0.263 e. The molecule has 0 aliphatic heterocycles. The minimum Gasteiger partial charge on any atom is -0.337 e. The summed E-state index contributed by atoms with van der Waals surface area (Å²) in [5.74, 6) is -0.647. The Hall–Kier alpha value is -2.00. The van der Waals surface area contributed by atoms with Crippen molar-refractivity contribution in [3.05, 3.63) is 71.8 Å². The molecule has 0 aromatic heterocycles. The predicted molar refractivity (Wildman–Crippen MR) is 66.9 cm³/mol. The molecule has 0 saturated carbocycles. The summed E-state index contributed by atoms with van der Waals surface area (Å²) in [5, 5.41) is 0. The highest BCUT2D eigenvalue weighted by atomic mass is 19.1. The van der Waals surface area contributed by atoms with Crippen molar-refractivity contribution in [2.24, 2.45) is 0 Å². The summed E-state index contributed by atoms with van der Waals surface area (Å²) in [4.78, 5) is 11.7. The zero-order valence-electron chi connectivity index (χ0n) is 9.75. The number of halogens is 1. The molecule has 0 fully saturated rings. The first-order valence-corrected chi connectivity index (χ1v) is 5.66. The Morgan fingerprint density at radius 3 is 2.17 bits per heavy atom. The van der Waals surface area contributed by atoms with Crippen LogP contribution in [0.15, 0.2) is 60.7 Å². The molecule has 0 heterocycles. The number of Topliss-reactive ketones (excluding diaryl/α,β-unsaturated/α-hetero) is 1. The summed E-state index contributed by atoms with van der Waals surface area (Å²) in [5.41, 5.74) is 1.15. The SMILES string of the molecule is O=C(c1ccccc1)[C@@H](F)OCc1ccccc1. The number of alkyl halides is 1. The zero-order valence-corrected chi connectivity index (χ0v) is 9.75. The normalized spacial score (nSPS) is 12.1. The van der Waals surface area contributed by atoms with Gasteiger partial charge in [0.15, 0.2) is 0 Å². The van der Waals surface area contributed by atoms with E-state index >= 15 is 0 Å². The number of carbonyl (C=O) groups is 1. The highest BCUT2D eigenvalue weighted by Crippen LogP contribution is 2.10. The zero-order chi connectivity index (χ0) is 12.8. The van der Waals surface area contributed by atoms with Crippen molar-refractivity contribution in [3.63, 3.8) is 0 Å². The Kier molecular flexibility index (Phi) is 4.20. The van der Waals surface area contributed by atoms with E-state index in [0.29, 0.717) is 5.56 Å². The number of rotatable bonds is 5. The summed E-state index contributed by atoms with van der Waals surface area (Å²) in [6.07, 6.45) is -1.92. The van der Waals surface area contributed by atoms with Gasteiger partial charge in [-0.1, -0.05) is 60.7 Å². The summed E-state index contributed by atoms with van der Waals surface area (Å²) >= 11 is 0. The van der Waals surface area contributed by atoms with Gasteiger partial charge in [0.1, 0.15) is 0 Å². The van der Waals surface area contributed by atoms with E-state index in [1.165, 1.54) is 0 Å². The second kappa shape index (κ2) is 6.07. The largest absolute Gasteiger partial charge is 0.337 e. The molecule has 0 aliphatic rings. The Morgan fingerprint density at radius 1 is 1.00 bits per heavy atom. The third-order valence-corrected chi connectivity index (χ3v) is 2.50. The fourth-order valence-corrected chi connectivity index (χ4v) is 1.55. The molecular formula is C15H13FO2.